The fourth-order valence-corrected chi connectivity index (χ4v) is 2.47. The summed E-state index contributed by atoms with van der Waals surface area (Å²) in [6, 6.07) is 12.0. The van der Waals surface area contributed by atoms with Crippen molar-refractivity contribution in [2.75, 3.05) is 0 Å². The molecule has 0 aliphatic carbocycles. The van der Waals surface area contributed by atoms with Crippen LogP contribution in [0.3, 0.4) is 0 Å². The lowest BCUT2D eigenvalue weighted by Crippen LogP contribution is -2.11. The number of benzene rings is 1. The van der Waals surface area contributed by atoms with E-state index in [4.69, 9.17) is 0 Å². The van der Waals surface area contributed by atoms with Crippen LogP contribution in [-0.4, -0.2) is 15.6 Å². The Morgan fingerprint density at radius 2 is 1.80 bits per heavy atom. The Hall–Kier alpha value is -2.03. The predicted molar refractivity (Wildman–Crippen MR) is 81.3 cm³/mol. The minimum absolute atomic E-state index is 0.105. The van der Waals surface area contributed by atoms with Gasteiger partial charge in [0.25, 0.3) is 0 Å². The number of carboxylic acid groups (broad SMARTS) is 1. The lowest BCUT2D eigenvalue weighted by molar-refractivity contribution is 0.0683. The first-order chi connectivity index (χ1) is 9.41. The van der Waals surface area contributed by atoms with Crippen LogP contribution >= 0.6 is 0 Å². The predicted octanol–water partition coefficient (Wildman–Crippen LogP) is 4.56. The van der Waals surface area contributed by atoms with Crippen molar-refractivity contribution in [2.45, 2.75) is 39.7 Å². The molecule has 0 saturated carbocycles. The summed E-state index contributed by atoms with van der Waals surface area (Å²) in [4.78, 5) is 11.3. The third-order valence-corrected chi connectivity index (χ3v) is 3.50. The van der Waals surface area contributed by atoms with Gasteiger partial charge in [-0.3, -0.25) is 0 Å². The number of aromatic nitrogens is 1. The normalized spacial score (nSPS) is 11.3. The minimum Gasteiger partial charge on any atom is -0.477 e. The molecule has 0 radical (unpaired) electrons. The van der Waals surface area contributed by atoms with E-state index in [1.165, 1.54) is 5.56 Å². The van der Waals surface area contributed by atoms with E-state index in [0.29, 0.717) is 11.6 Å². The number of nitrogens with zero attached hydrogens (tertiary/aromatic N) is 1. The SMILES string of the molecule is CC(C)c1cccc(-c2ccc(C(=O)O)n2C(C)C)c1. The highest BCUT2D eigenvalue weighted by Crippen LogP contribution is 2.28. The molecule has 2 rings (SSSR count). The first-order valence-corrected chi connectivity index (χ1v) is 6.96. The maximum Gasteiger partial charge on any atom is 0.352 e. The summed E-state index contributed by atoms with van der Waals surface area (Å²) in [5.74, 6) is -0.429. The number of rotatable bonds is 4. The first kappa shape index (κ1) is 14.4. The van der Waals surface area contributed by atoms with E-state index in [2.05, 4.69) is 26.0 Å². The van der Waals surface area contributed by atoms with E-state index in [9.17, 15) is 9.90 Å². The van der Waals surface area contributed by atoms with E-state index in [-0.39, 0.29) is 6.04 Å². The van der Waals surface area contributed by atoms with E-state index in [1.807, 2.05) is 36.6 Å². The van der Waals surface area contributed by atoms with Crippen LogP contribution in [0.25, 0.3) is 11.3 Å². The quantitative estimate of drug-likeness (QED) is 0.885. The molecular weight excluding hydrogens is 250 g/mol. The van der Waals surface area contributed by atoms with Crippen LogP contribution in [0.1, 0.15) is 55.7 Å². The van der Waals surface area contributed by atoms with Gasteiger partial charge in [0.15, 0.2) is 0 Å². The van der Waals surface area contributed by atoms with Gasteiger partial charge in [-0.25, -0.2) is 4.79 Å². The van der Waals surface area contributed by atoms with Crippen molar-refractivity contribution in [1.29, 1.82) is 0 Å². The summed E-state index contributed by atoms with van der Waals surface area (Å²) in [6.07, 6.45) is 0. The maximum atomic E-state index is 11.3. The Bertz CT molecular complexity index is 624. The Morgan fingerprint density at radius 3 is 2.35 bits per heavy atom. The molecule has 0 spiro atoms. The molecule has 1 aromatic heterocycles. The third-order valence-electron chi connectivity index (χ3n) is 3.50. The average Bonchev–Trinajstić information content (AvgIpc) is 2.83. The van der Waals surface area contributed by atoms with Gasteiger partial charge in [0.2, 0.25) is 0 Å². The molecule has 0 unspecified atom stereocenters. The van der Waals surface area contributed by atoms with Crippen molar-refractivity contribution >= 4 is 5.97 Å². The second-order valence-electron chi connectivity index (χ2n) is 5.65. The maximum absolute atomic E-state index is 11.3. The van der Waals surface area contributed by atoms with Gasteiger partial charge < -0.3 is 9.67 Å². The van der Waals surface area contributed by atoms with Crippen LogP contribution in [0.2, 0.25) is 0 Å². The van der Waals surface area contributed by atoms with E-state index in [1.54, 1.807) is 6.07 Å². The molecule has 1 aromatic carbocycles. The van der Waals surface area contributed by atoms with E-state index in [0.717, 1.165) is 11.3 Å². The van der Waals surface area contributed by atoms with Crippen molar-refractivity contribution in [1.82, 2.24) is 4.57 Å². The van der Waals surface area contributed by atoms with Crippen molar-refractivity contribution in [2.24, 2.45) is 0 Å². The molecule has 0 aliphatic rings. The Morgan fingerprint density at radius 1 is 1.10 bits per heavy atom. The van der Waals surface area contributed by atoms with Crippen LogP contribution in [0.4, 0.5) is 0 Å². The summed E-state index contributed by atoms with van der Waals surface area (Å²) >= 11 is 0. The standard InChI is InChI=1S/C17H21NO2/c1-11(2)13-6-5-7-14(10-13)15-8-9-16(17(19)20)18(15)12(3)4/h5-12H,1-4H3,(H,19,20). The average molecular weight is 271 g/mol. The van der Waals surface area contributed by atoms with Gasteiger partial charge in [-0.1, -0.05) is 32.0 Å². The van der Waals surface area contributed by atoms with Crippen molar-refractivity contribution in [3.8, 4) is 11.3 Å². The summed E-state index contributed by atoms with van der Waals surface area (Å²) in [5.41, 5.74) is 3.62. The molecule has 0 atom stereocenters. The minimum atomic E-state index is -0.884. The first-order valence-electron chi connectivity index (χ1n) is 6.96. The third kappa shape index (κ3) is 2.62. The molecule has 2 aromatic rings. The molecule has 0 amide bonds. The monoisotopic (exact) mass is 271 g/mol. The summed E-state index contributed by atoms with van der Waals surface area (Å²) in [6.45, 7) is 8.32. The summed E-state index contributed by atoms with van der Waals surface area (Å²) in [5, 5.41) is 9.30. The zero-order valence-electron chi connectivity index (χ0n) is 12.4. The molecule has 1 N–H and O–H groups in total. The van der Waals surface area contributed by atoms with E-state index >= 15 is 0 Å². The largest absolute Gasteiger partial charge is 0.477 e. The zero-order chi connectivity index (χ0) is 14.9. The summed E-state index contributed by atoms with van der Waals surface area (Å²) < 4.78 is 1.88. The molecule has 3 nitrogen and oxygen atoms in total. The van der Waals surface area contributed by atoms with Crippen LogP contribution in [0, 0.1) is 0 Å². The molecular formula is C17H21NO2. The van der Waals surface area contributed by atoms with Gasteiger partial charge in [-0.05, 0) is 49.1 Å². The second kappa shape index (κ2) is 5.53. The van der Waals surface area contributed by atoms with Crippen LogP contribution in [0.5, 0.6) is 0 Å². The van der Waals surface area contributed by atoms with Gasteiger partial charge in [0.05, 0.1) is 0 Å². The van der Waals surface area contributed by atoms with Crippen LogP contribution < -0.4 is 0 Å². The van der Waals surface area contributed by atoms with Gasteiger partial charge in [-0.2, -0.15) is 0 Å². The molecule has 0 fully saturated rings. The number of carboxylic acids is 1. The highest BCUT2D eigenvalue weighted by Gasteiger charge is 2.17. The topological polar surface area (TPSA) is 42.2 Å². The molecule has 0 aliphatic heterocycles. The fraction of sp³-hybridized carbons (Fsp3) is 0.353. The zero-order valence-corrected chi connectivity index (χ0v) is 12.4. The summed E-state index contributed by atoms with van der Waals surface area (Å²) in [7, 11) is 0. The number of aromatic carboxylic acids is 1. The number of hydrogen-bond acceptors (Lipinski definition) is 1. The lowest BCUT2D eigenvalue weighted by atomic mass is 9.99. The molecule has 3 heteroatoms. The van der Waals surface area contributed by atoms with Crippen molar-refractivity contribution in [3.63, 3.8) is 0 Å². The molecule has 0 bridgehead atoms. The highest BCUT2D eigenvalue weighted by molar-refractivity contribution is 5.87. The van der Waals surface area contributed by atoms with Crippen molar-refractivity contribution < 1.29 is 9.90 Å². The molecule has 0 saturated heterocycles. The van der Waals surface area contributed by atoms with Crippen LogP contribution in [0.15, 0.2) is 36.4 Å². The smallest absolute Gasteiger partial charge is 0.352 e. The highest BCUT2D eigenvalue weighted by atomic mass is 16.4. The van der Waals surface area contributed by atoms with Crippen molar-refractivity contribution in [3.05, 3.63) is 47.7 Å². The van der Waals surface area contributed by atoms with Gasteiger partial charge >= 0.3 is 5.97 Å². The Labute approximate surface area is 119 Å². The van der Waals surface area contributed by atoms with Gasteiger partial charge in [0, 0.05) is 11.7 Å². The van der Waals surface area contributed by atoms with Gasteiger partial charge in [-0.15, -0.1) is 0 Å². The molecule has 1 heterocycles. The number of hydrogen-bond donors (Lipinski definition) is 1. The molecule has 20 heavy (non-hydrogen) atoms. The van der Waals surface area contributed by atoms with E-state index < -0.39 is 5.97 Å². The molecule has 106 valence electrons. The van der Waals surface area contributed by atoms with Crippen LogP contribution in [-0.2, 0) is 0 Å². The lowest BCUT2D eigenvalue weighted by Gasteiger charge is -2.16. The Balaban J connectivity index is 2.58. The Kier molecular flexibility index (Phi) is 3.98. The number of carbonyl (C=O) groups is 1. The second-order valence-corrected chi connectivity index (χ2v) is 5.65. The fourth-order valence-electron chi connectivity index (χ4n) is 2.47. The van der Waals surface area contributed by atoms with Gasteiger partial charge in [0.1, 0.15) is 5.69 Å².